The zero-order chi connectivity index (χ0) is 17.4. The van der Waals surface area contributed by atoms with Gasteiger partial charge in [-0.1, -0.05) is 42.5 Å². The van der Waals surface area contributed by atoms with E-state index in [1.54, 1.807) is 12.3 Å². The van der Waals surface area contributed by atoms with Crippen molar-refractivity contribution in [1.82, 2.24) is 10.3 Å². The van der Waals surface area contributed by atoms with Crippen molar-refractivity contribution in [2.75, 3.05) is 0 Å². The third-order valence-electron chi connectivity index (χ3n) is 4.59. The van der Waals surface area contributed by atoms with E-state index in [2.05, 4.69) is 36.3 Å². The van der Waals surface area contributed by atoms with Crippen molar-refractivity contribution in [2.45, 2.75) is 25.8 Å². The molecule has 2 heterocycles. The molecule has 1 aromatic heterocycles. The average Bonchev–Trinajstić information content (AvgIpc) is 2.60. The summed E-state index contributed by atoms with van der Waals surface area (Å²) in [7, 11) is 0. The second-order valence-corrected chi connectivity index (χ2v) is 7.15. The lowest BCUT2D eigenvalue weighted by Crippen LogP contribution is -2.43. The molecule has 0 unspecified atom stereocenters. The number of allylic oxidation sites excluding steroid dienone is 1. The van der Waals surface area contributed by atoms with Gasteiger partial charge in [0.15, 0.2) is 5.78 Å². The number of carbonyl (C=O) groups excluding carboxylic acids is 1. The number of para-hydroxylation sites is 1. The van der Waals surface area contributed by atoms with Crippen LogP contribution in [0, 0.1) is 0 Å². The van der Waals surface area contributed by atoms with Crippen molar-refractivity contribution in [3.8, 4) is 0 Å². The van der Waals surface area contributed by atoms with Gasteiger partial charge in [0.25, 0.3) is 0 Å². The molecule has 0 amide bonds. The lowest BCUT2D eigenvalue weighted by atomic mass is 9.85. The van der Waals surface area contributed by atoms with Crippen LogP contribution in [0.3, 0.4) is 0 Å². The second kappa shape index (κ2) is 5.85. The number of fused-ring (bicyclic) bond motifs is 2. The van der Waals surface area contributed by atoms with Gasteiger partial charge in [-0.25, -0.2) is 0 Å². The van der Waals surface area contributed by atoms with E-state index in [1.165, 1.54) is 5.56 Å². The van der Waals surface area contributed by atoms with Crippen LogP contribution in [0.2, 0.25) is 0 Å². The minimum atomic E-state index is -0.0858. The Morgan fingerprint density at radius 1 is 1.08 bits per heavy atom. The van der Waals surface area contributed by atoms with Crippen LogP contribution in [-0.2, 0) is 6.42 Å². The maximum atomic E-state index is 13.0. The Balaban J connectivity index is 1.81. The van der Waals surface area contributed by atoms with Gasteiger partial charge in [-0.05, 0) is 38.0 Å². The Morgan fingerprint density at radius 2 is 1.88 bits per heavy atom. The Morgan fingerprint density at radius 3 is 2.76 bits per heavy atom. The van der Waals surface area contributed by atoms with Crippen LogP contribution < -0.4 is 5.32 Å². The first-order valence-corrected chi connectivity index (χ1v) is 8.50. The molecule has 3 nitrogen and oxygen atoms in total. The molecule has 3 aromatic rings. The maximum absolute atomic E-state index is 13.0. The minimum Gasteiger partial charge on any atom is -0.379 e. The predicted molar refractivity (Wildman–Crippen MR) is 101 cm³/mol. The van der Waals surface area contributed by atoms with Gasteiger partial charge in [0, 0.05) is 40.0 Å². The van der Waals surface area contributed by atoms with Gasteiger partial charge in [-0.3, -0.25) is 9.78 Å². The quantitative estimate of drug-likeness (QED) is 0.560. The summed E-state index contributed by atoms with van der Waals surface area (Å²) in [6.07, 6.45) is 4.37. The van der Waals surface area contributed by atoms with E-state index in [-0.39, 0.29) is 11.3 Å². The molecule has 0 aliphatic carbocycles. The third-order valence-corrected chi connectivity index (χ3v) is 4.59. The number of hydrogen-bond acceptors (Lipinski definition) is 3. The first-order chi connectivity index (χ1) is 12.0. The summed E-state index contributed by atoms with van der Waals surface area (Å²) in [5.74, 6) is -0.0284. The Hall–Kier alpha value is -2.94. The van der Waals surface area contributed by atoms with Gasteiger partial charge in [-0.15, -0.1) is 0 Å². The molecule has 0 radical (unpaired) electrons. The van der Waals surface area contributed by atoms with E-state index in [1.807, 2.05) is 42.5 Å². The van der Waals surface area contributed by atoms with E-state index in [0.717, 1.165) is 28.6 Å². The summed E-state index contributed by atoms with van der Waals surface area (Å²) in [6, 6.07) is 17.8. The average molecular weight is 328 g/mol. The molecule has 0 fully saturated rings. The molecule has 25 heavy (non-hydrogen) atoms. The van der Waals surface area contributed by atoms with Gasteiger partial charge in [0.05, 0.1) is 5.52 Å². The van der Waals surface area contributed by atoms with Crippen LogP contribution in [0.25, 0.3) is 16.6 Å². The molecule has 124 valence electrons. The van der Waals surface area contributed by atoms with E-state index in [4.69, 9.17) is 0 Å². The molecule has 3 heteroatoms. The zero-order valence-corrected chi connectivity index (χ0v) is 14.4. The van der Waals surface area contributed by atoms with Gasteiger partial charge < -0.3 is 5.32 Å². The number of pyridine rings is 1. The van der Waals surface area contributed by atoms with E-state index in [9.17, 15) is 4.79 Å². The van der Waals surface area contributed by atoms with Crippen LogP contribution in [0.15, 0.2) is 66.9 Å². The molecule has 2 aromatic carbocycles. The predicted octanol–water partition coefficient (Wildman–Crippen LogP) is 4.38. The normalized spacial score (nSPS) is 17.1. The van der Waals surface area contributed by atoms with Crippen molar-refractivity contribution < 1.29 is 4.79 Å². The van der Waals surface area contributed by atoms with E-state index < -0.39 is 0 Å². The van der Waals surface area contributed by atoms with Gasteiger partial charge in [0.2, 0.25) is 0 Å². The first kappa shape index (κ1) is 15.6. The van der Waals surface area contributed by atoms with E-state index in [0.29, 0.717) is 5.56 Å². The lowest BCUT2D eigenvalue weighted by molar-refractivity contribution is 0.104. The number of aromatic nitrogens is 1. The van der Waals surface area contributed by atoms with Crippen LogP contribution in [0.1, 0.15) is 35.3 Å². The topological polar surface area (TPSA) is 42.0 Å². The Labute approximate surface area is 147 Å². The van der Waals surface area contributed by atoms with Crippen LogP contribution in [0.4, 0.5) is 0 Å². The molecule has 0 saturated heterocycles. The van der Waals surface area contributed by atoms with Gasteiger partial charge in [-0.2, -0.15) is 0 Å². The highest BCUT2D eigenvalue weighted by atomic mass is 16.1. The first-order valence-electron chi connectivity index (χ1n) is 8.50. The van der Waals surface area contributed by atoms with Gasteiger partial charge >= 0.3 is 0 Å². The zero-order valence-electron chi connectivity index (χ0n) is 14.4. The summed E-state index contributed by atoms with van der Waals surface area (Å²) in [5, 5.41) is 4.49. The largest absolute Gasteiger partial charge is 0.379 e. The number of benzene rings is 2. The van der Waals surface area contributed by atoms with Crippen molar-refractivity contribution in [3.05, 3.63) is 83.6 Å². The number of ketones is 1. The summed E-state index contributed by atoms with van der Waals surface area (Å²) in [4.78, 5) is 17.4. The molecule has 1 aliphatic rings. The van der Waals surface area contributed by atoms with E-state index >= 15 is 0 Å². The Kier molecular flexibility index (Phi) is 3.65. The fraction of sp³-hybridized carbons (Fsp3) is 0.182. The standard InChI is InChI=1S/C22H20N2O/c1-22(2)14-16-7-3-4-10-17(16)19(24-22)13-20(25)18-11-5-8-15-9-6-12-23-21(15)18/h3-13,24H,14H2,1-2H3. The molecule has 0 saturated carbocycles. The van der Waals surface area contributed by atoms with Crippen molar-refractivity contribution >= 4 is 22.4 Å². The maximum Gasteiger partial charge on any atom is 0.190 e. The van der Waals surface area contributed by atoms with Crippen molar-refractivity contribution in [2.24, 2.45) is 0 Å². The third kappa shape index (κ3) is 2.93. The number of carbonyl (C=O) groups is 1. The second-order valence-electron chi connectivity index (χ2n) is 7.15. The summed E-state index contributed by atoms with van der Waals surface area (Å²) in [5.41, 5.74) is 4.54. The lowest BCUT2D eigenvalue weighted by Gasteiger charge is -2.35. The fourth-order valence-electron chi connectivity index (χ4n) is 3.52. The molecule has 0 atom stereocenters. The molecular formula is C22H20N2O. The number of hydrogen-bond donors (Lipinski definition) is 1. The SMILES string of the molecule is CC1(C)Cc2ccccc2C(=CC(=O)c2cccc3cccnc23)N1. The number of nitrogens with one attached hydrogen (secondary N) is 1. The molecule has 0 bridgehead atoms. The summed E-state index contributed by atoms with van der Waals surface area (Å²) >= 11 is 0. The van der Waals surface area contributed by atoms with Crippen molar-refractivity contribution in [1.29, 1.82) is 0 Å². The highest BCUT2D eigenvalue weighted by Crippen LogP contribution is 2.30. The molecule has 0 spiro atoms. The smallest absolute Gasteiger partial charge is 0.190 e. The van der Waals surface area contributed by atoms with Gasteiger partial charge in [0.1, 0.15) is 0 Å². The summed E-state index contributed by atoms with van der Waals surface area (Å²) < 4.78 is 0. The number of rotatable bonds is 2. The monoisotopic (exact) mass is 328 g/mol. The highest BCUT2D eigenvalue weighted by molar-refractivity contribution is 6.14. The van der Waals surface area contributed by atoms with Crippen LogP contribution >= 0.6 is 0 Å². The van der Waals surface area contributed by atoms with Crippen LogP contribution in [0.5, 0.6) is 0 Å². The highest BCUT2D eigenvalue weighted by Gasteiger charge is 2.27. The number of nitrogens with zero attached hydrogens (tertiary/aromatic N) is 1. The summed E-state index contributed by atoms with van der Waals surface area (Å²) in [6.45, 7) is 4.31. The molecule has 1 N–H and O–H groups in total. The van der Waals surface area contributed by atoms with Crippen LogP contribution in [-0.4, -0.2) is 16.3 Å². The minimum absolute atomic E-state index is 0.0284. The Bertz CT molecular complexity index is 996. The molecule has 4 rings (SSSR count). The molecule has 1 aliphatic heterocycles. The molecular weight excluding hydrogens is 308 g/mol. The van der Waals surface area contributed by atoms with Crippen molar-refractivity contribution in [3.63, 3.8) is 0 Å². The fourth-order valence-corrected chi connectivity index (χ4v) is 3.52.